The molecule has 0 aromatic rings. The Morgan fingerprint density at radius 2 is 1.90 bits per heavy atom. The second-order valence-corrected chi connectivity index (χ2v) is 7.08. The Kier molecular flexibility index (Phi) is 2.77. The van der Waals surface area contributed by atoms with Crippen LogP contribution in [0.2, 0.25) is 0 Å². The van der Waals surface area contributed by atoms with E-state index >= 15 is 0 Å². The second-order valence-electron chi connectivity index (χ2n) is 7.08. The van der Waals surface area contributed by atoms with Crippen molar-refractivity contribution in [2.75, 3.05) is 32.7 Å². The van der Waals surface area contributed by atoms with Crippen molar-refractivity contribution in [2.24, 2.45) is 4.99 Å². The van der Waals surface area contributed by atoms with E-state index in [1.807, 2.05) is 0 Å². The van der Waals surface area contributed by atoms with Gasteiger partial charge >= 0.3 is 0 Å². The Bertz CT molecular complexity index is 543. The van der Waals surface area contributed by atoms with E-state index < -0.39 is 0 Å². The fourth-order valence-corrected chi connectivity index (χ4v) is 4.50. The van der Waals surface area contributed by atoms with Crippen LogP contribution in [0.1, 0.15) is 25.7 Å². The quantitative estimate of drug-likeness (QED) is 0.784. The van der Waals surface area contributed by atoms with Crippen molar-refractivity contribution in [2.45, 2.75) is 43.8 Å². The zero-order valence-electron chi connectivity index (χ0n) is 12.6. The van der Waals surface area contributed by atoms with Gasteiger partial charge in [-0.3, -0.25) is 9.89 Å². The average molecular weight is 284 g/mol. The summed E-state index contributed by atoms with van der Waals surface area (Å²) in [5.41, 5.74) is 3.02. The lowest BCUT2D eigenvalue weighted by Crippen LogP contribution is -2.44. The highest BCUT2D eigenvalue weighted by Gasteiger charge is 2.39. The van der Waals surface area contributed by atoms with Crippen LogP contribution in [0.5, 0.6) is 0 Å². The van der Waals surface area contributed by atoms with Crippen LogP contribution < -0.4 is 5.32 Å². The molecule has 0 spiro atoms. The lowest BCUT2D eigenvalue weighted by atomic mass is 9.91. The average Bonchev–Trinajstić information content (AvgIpc) is 2.95. The van der Waals surface area contributed by atoms with Gasteiger partial charge in [0.1, 0.15) is 5.84 Å². The molecule has 0 radical (unpaired) electrons. The summed E-state index contributed by atoms with van der Waals surface area (Å²) in [6.07, 6.45) is 10.3. The van der Waals surface area contributed by atoms with Crippen molar-refractivity contribution in [3.63, 3.8) is 0 Å². The number of aliphatic imine (C=N–C) groups is 1. The second kappa shape index (κ2) is 4.68. The highest BCUT2D eigenvalue weighted by molar-refractivity contribution is 5.86. The topological polar surface area (TPSA) is 30.9 Å². The molecular weight excluding hydrogens is 260 g/mol. The van der Waals surface area contributed by atoms with Crippen molar-refractivity contribution in [3.8, 4) is 0 Å². The first-order chi connectivity index (χ1) is 10.4. The normalized spacial score (nSPS) is 36.0. The monoisotopic (exact) mass is 284 g/mol. The van der Waals surface area contributed by atoms with Gasteiger partial charge in [-0.15, -0.1) is 0 Å². The summed E-state index contributed by atoms with van der Waals surface area (Å²) in [5.74, 6) is 1.37. The van der Waals surface area contributed by atoms with E-state index in [4.69, 9.17) is 4.99 Å². The number of hydrogen-bond donors (Lipinski definition) is 1. The van der Waals surface area contributed by atoms with E-state index in [1.165, 1.54) is 49.3 Å². The Morgan fingerprint density at radius 3 is 2.71 bits per heavy atom. The van der Waals surface area contributed by atoms with Crippen LogP contribution in [0.3, 0.4) is 0 Å². The predicted octanol–water partition coefficient (Wildman–Crippen LogP) is 1.17. The lowest BCUT2D eigenvalue weighted by Gasteiger charge is -2.37. The molecule has 2 aliphatic carbocycles. The molecule has 0 bridgehead atoms. The van der Waals surface area contributed by atoms with Gasteiger partial charge in [0.25, 0.3) is 0 Å². The molecule has 5 rings (SSSR count). The van der Waals surface area contributed by atoms with Crippen LogP contribution in [-0.2, 0) is 0 Å². The molecule has 0 amide bonds. The number of nitrogens with one attached hydrogen (secondary N) is 1. The fraction of sp³-hybridized carbons (Fsp3) is 0.706. The van der Waals surface area contributed by atoms with Crippen LogP contribution in [-0.4, -0.2) is 66.5 Å². The fourth-order valence-electron chi connectivity index (χ4n) is 4.50. The van der Waals surface area contributed by atoms with E-state index in [1.54, 1.807) is 0 Å². The van der Waals surface area contributed by atoms with E-state index in [-0.39, 0.29) is 0 Å². The minimum atomic E-state index is 0.383. The third-order valence-electron chi connectivity index (χ3n) is 5.97. The molecule has 0 aromatic heterocycles. The zero-order chi connectivity index (χ0) is 13.8. The molecule has 2 atom stereocenters. The maximum atomic E-state index is 5.06. The van der Waals surface area contributed by atoms with Crippen LogP contribution >= 0.6 is 0 Å². The van der Waals surface area contributed by atoms with Crippen molar-refractivity contribution in [1.82, 2.24) is 15.1 Å². The molecule has 21 heavy (non-hydrogen) atoms. The van der Waals surface area contributed by atoms with Crippen LogP contribution in [0, 0.1) is 0 Å². The maximum absolute atomic E-state index is 5.06. The molecule has 112 valence electrons. The van der Waals surface area contributed by atoms with Crippen molar-refractivity contribution in [1.29, 1.82) is 0 Å². The Labute approximate surface area is 126 Å². The van der Waals surface area contributed by atoms with Crippen molar-refractivity contribution in [3.05, 3.63) is 23.3 Å². The number of hydrogen-bond acceptors (Lipinski definition) is 4. The molecule has 0 aromatic carbocycles. The Hall–Kier alpha value is -1.13. The zero-order valence-corrected chi connectivity index (χ0v) is 12.6. The van der Waals surface area contributed by atoms with Gasteiger partial charge in [-0.05, 0) is 24.0 Å². The smallest absolute Gasteiger partial charge is 0.102 e. The number of fused-ring (bicyclic) bond motifs is 4. The predicted molar refractivity (Wildman–Crippen MR) is 84.6 cm³/mol. The molecular formula is C17H24N4. The van der Waals surface area contributed by atoms with Gasteiger partial charge in [-0.2, -0.15) is 0 Å². The van der Waals surface area contributed by atoms with E-state index in [0.29, 0.717) is 12.1 Å². The molecule has 1 saturated carbocycles. The summed E-state index contributed by atoms with van der Waals surface area (Å²) < 4.78 is 0. The molecule has 2 saturated heterocycles. The standard InChI is InChI=1S/C17H24N4/c1-2-14(3-1)20-5-4-17-19-15-8-12-10-18-11-13(12)9-16(15)21(17)7-6-20/h8-9,14-16,18H,1-7,10-11H2. The first-order valence-electron chi connectivity index (χ1n) is 8.58. The minimum absolute atomic E-state index is 0.383. The molecule has 5 aliphatic rings. The summed E-state index contributed by atoms with van der Waals surface area (Å²) in [6.45, 7) is 5.69. The van der Waals surface area contributed by atoms with Gasteiger partial charge in [0, 0.05) is 45.2 Å². The maximum Gasteiger partial charge on any atom is 0.102 e. The highest BCUT2D eigenvalue weighted by Crippen LogP contribution is 2.33. The third kappa shape index (κ3) is 1.92. The molecule has 3 heterocycles. The first kappa shape index (κ1) is 12.4. The Morgan fingerprint density at radius 1 is 1.05 bits per heavy atom. The molecule has 3 fully saturated rings. The lowest BCUT2D eigenvalue weighted by molar-refractivity contribution is 0.129. The van der Waals surface area contributed by atoms with Gasteiger partial charge in [-0.25, -0.2) is 0 Å². The number of nitrogens with zero attached hydrogens (tertiary/aromatic N) is 3. The summed E-state index contributed by atoms with van der Waals surface area (Å²) in [5, 5.41) is 3.46. The van der Waals surface area contributed by atoms with Gasteiger partial charge in [0.05, 0.1) is 12.1 Å². The molecule has 4 nitrogen and oxygen atoms in total. The summed E-state index contributed by atoms with van der Waals surface area (Å²) >= 11 is 0. The van der Waals surface area contributed by atoms with Gasteiger partial charge in [0.2, 0.25) is 0 Å². The van der Waals surface area contributed by atoms with Crippen molar-refractivity contribution >= 4 is 5.84 Å². The van der Waals surface area contributed by atoms with Gasteiger partial charge < -0.3 is 10.2 Å². The SMILES string of the molecule is C1=C2CNCC2=CC2C1N=C1CCN(C3CCC3)CCN12. The van der Waals surface area contributed by atoms with Crippen molar-refractivity contribution < 1.29 is 0 Å². The first-order valence-corrected chi connectivity index (χ1v) is 8.58. The van der Waals surface area contributed by atoms with Crippen LogP contribution in [0.25, 0.3) is 0 Å². The number of amidine groups is 1. The van der Waals surface area contributed by atoms with Gasteiger partial charge in [0.15, 0.2) is 0 Å². The van der Waals surface area contributed by atoms with Gasteiger partial charge in [-0.1, -0.05) is 18.6 Å². The summed E-state index contributed by atoms with van der Waals surface area (Å²) in [7, 11) is 0. The Balaban J connectivity index is 1.38. The summed E-state index contributed by atoms with van der Waals surface area (Å²) in [4.78, 5) is 10.4. The molecule has 1 N–H and O–H groups in total. The minimum Gasteiger partial charge on any atom is -0.350 e. The van der Waals surface area contributed by atoms with E-state index in [2.05, 4.69) is 27.3 Å². The molecule has 4 heteroatoms. The van der Waals surface area contributed by atoms with E-state index in [9.17, 15) is 0 Å². The highest BCUT2D eigenvalue weighted by atomic mass is 15.3. The van der Waals surface area contributed by atoms with Crippen LogP contribution in [0.15, 0.2) is 28.3 Å². The largest absolute Gasteiger partial charge is 0.350 e. The number of rotatable bonds is 1. The third-order valence-corrected chi connectivity index (χ3v) is 5.97. The summed E-state index contributed by atoms with van der Waals surface area (Å²) in [6, 6.07) is 1.76. The van der Waals surface area contributed by atoms with Crippen LogP contribution in [0.4, 0.5) is 0 Å². The molecule has 2 unspecified atom stereocenters. The van der Waals surface area contributed by atoms with E-state index in [0.717, 1.165) is 32.1 Å². The molecule has 3 aliphatic heterocycles.